The van der Waals surface area contributed by atoms with Crippen LogP contribution in [0.3, 0.4) is 0 Å². The van der Waals surface area contributed by atoms with Crippen LogP contribution in [0.15, 0.2) is 47.5 Å². The second-order valence-corrected chi connectivity index (χ2v) is 7.25. The highest BCUT2D eigenvalue weighted by Gasteiger charge is 2.11. The van der Waals surface area contributed by atoms with Crippen LogP contribution in [0.4, 0.5) is 5.69 Å². The molecule has 0 atom stereocenters. The summed E-state index contributed by atoms with van der Waals surface area (Å²) in [6.07, 6.45) is 2.45. The Morgan fingerprint density at radius 2 is 2.04 bits per heavy atom. The number of benzene rings is 2. The molecule has 0 saturated heterocycles. The average molecular weight is 401 g/mol. The van der Waals surface area contributed by atoms with Crippen LogP contribution in [0.25, 0.3) is 0 Å². The third-order valence-electron chi connectivity index (χ3n) is 3.99. The molecule has 0 bridgehead atoms. The predicted octanol–water partition coefficient (Wildman–Crippen LogP) is 5.49. The van der Waals surface area contributed by atoms with Crippen LogP contribution in [0, 0.1) is 6.92 Å². The van der Waals surface area contributed by atoms with Crippen LogP contribution >= 0.6 is 23.1 Å². The van der Waals surface area contributed by atoms with E-state index in [1.807, 2.05) is 43.1 Å². The van der Waals surface area contributed by atoms with Crippen molar-refractivity contribution in [3.05, 3.63) is 64.4 Å². The minimum atomic E-state index is 0.502. The molecule has 1 aromatic heterocycles. The van der Waals surface area contributed by atoms with Crippen molar-refractivity contribution in [2.75, 3.05) is 13.6 Å². The van der Waals surface area contributed by atoms with Crippen LogP contribution in [-0.4, -0.2) is 34.2 Å². The molecule has 140 valence electrons. The molecule has 0 aliphatic carbocycles. The Labute approximate surface area is 168 Å². The maximum atomic E-state index is 6.36. The van der Waals surface area contributed by atoms with Crippen molar-refractivity contribution in [1.29, 1.82) is 0 Å². The fourth-order valence-corrected chi connectivity index (χ4v) is 3.09. The topological polar surface area (TPSA) is 50.6 Å². The number of ether oxygens (including phenoxy) is 1. The highest BCUT2D eigenvalue weighted by molar-refractivity contribution is 7.07. The lowest BCUT2D eigenvalue weighted by Gasteiger charge is -2.10. The number of hydrogen-bond acceptors (Lipinski definition) is 5. The van der Waals surface area contributed by atoms with Gasteiger partial charge < -0.3 is 9.64 Å². The fourth-order valence-electron chi connectivity index (χ4n) is 2.32. The number of aromatic nitrogens is 2. The summed E-state index contributed by atoms with van der Waals surface area (Å²) >= 11 is 7.60. The van der Waals surface area contributed by atoms with Crippen LogP contribution in [0.5, 0.6) is 10.9 Å². The minimum absolute atomic E-state index is 0.502. The molecule has 0 spiro atoms. The molecule has 7 heteroatoms. The molecule has 27 heavy (non-hydrogen) atoms. The summed E-state index contributed by atoms with van der Waals surface area (Å²) in [5.74, 6) is 1.40. The van der Waals surface area contributed by atoms with Crippen LogP contribution in [0.1, 0.15) is 23.9 Å². The van der Waals surface area contributed by atoms with Gasteiger partial charge in [0.05, 0.1) is 17.0 Å². The Balaban J connectivity index is 1.72. The van der Waals surface area contributed by atoms with Gasteiger partial charge >= 0.3 is 0 Å². The smallest absolute Gasteiger partial charge is 0.298 e. The first-order valence-corrected chi connectivity index (χ1v) is 9.79. The first-order valence-electron chi connectivity index (χ1n) is 8.64. The van der Waals surface area contributed by atoms with E-state index in [1.165, 1.54) is 17.1 Å². The van der Waals surface area contributed by atoms with Gasteiger partial charge in [-0.15, -0.1) is 0 Å². The number of halogens is 1. The molecular weight excluding hydrogens is 380 g/mol. The van der Waals surface area contributed by atoms with E-state index in [4.69, 9.17) is 16.3 Å². The molecule has 5 nitrogen and oxygen atoms in total. The normalized spacial score (nSPS) is 11.1. The lowest BCUT2D eigenvalue weighted by Crippen LogP contribution is -2.14. The van der Waals surface area contributed by atoms with Crippen molar-refractivity contribution < 1.29 is 4.74 Å². The second-order valence-electron chi connectivity index (χ2n) is 6.13. The van der Waals surface area contributed by atoms with Gasteiger partial charge in [0.1, 0.15) is 5.75 Å². The SMILES string of the molecule is CCN(C)C=Nc1cc(C)c(Oc2nc(Cc3ccccc3)ns2)cc1Cl. The van der Waals surface area contributed by atoms with Crippen molar-refractivity contribution in [1.82, 2.24) is 14.3 Å². The largest absolute Gasteiger partial charge is 0.430 e. The van der Waals surface area contributed by atoms with E-state index in [0.29, 0.717) is 28.1 Å². The number of aryl methyl sites for hydroxylation is 1. The van der Waals surface area contributed by atoms with E-state index in [0.717, 1.165) is 17.9 Å². The summed E-state index contributed by atoms with van der Waals surface area (Å²) in [6.45, 7) is 4.90. The van der Waals surface area contributed by atoms with Gasteiger partial charge in [-0.05, 0) is 31.0 Å². The van der Waals surface area contributed by atoms with Gasteiger partial charge in [0.2, 0.25) is 0 Å². The summed E-state index contributed by atoms with van der Waals surface area (Å²) in [5.41, 5.74) is 2.81. The lowest BCUT2D eigenvalue weighted by atomic mass is 10.1. The first kappa shape index (κ1) is 19.3. The molecule has 0 fully saturated rings. The van der Waals surface area contributed by atoms with E-state index in [-0.39, 0.29) is 0 Å². The van der Waals surface area contributed by atoms with E-state index in [1.54, 1.807) is 12.4 Å². The quantitative estimate of drug-likeness (QED) is 0.388. The molecule has 1 heterocycles. The third kappa shape index (κ3) is 5.28. The van der Waals surface area contributed by atoms with Gasteiger partial charge in [-0.3, -0.25) is 0 Å². The molecule has 0 N–H and O–H groups in total. The molecule has 0 amide bonds. The molecular formula is C20H21ClN4OS. The number of rotatable bonds is 7. The molecule has 0 radical (unpaired) electrons. The van der Waals surface area contributed by atoms with Gasteiger partial charge in [-0.2, -0.15) is 9.36 Å². The van der Waals surface area contributed by atoms with Crippen LogP contribution < -0.4 is 4.74 Å². The first-order chi connectivity index (χ1) is 13.0. The molecule has 0 aliphatic rings. The van der Waals surface area contributed by atoms with Crippen LogP contribution in [0.2, 0.25) is 5.02 Å². The summed E-state index contributed by atoms with van der Waals surface area (Å²) in [7, 11) is 1.96. The number of aliphatic imine (C=N–C) groups is 1. The molecule has 0 saturated carbocycles. The summed E-state index contributed by atoms with van der Waals surface area (Å²) < 4.78 is 10.3. The van der Waals surface area contributed by atoms with E-state index >= 15 is 0 Å². The highest BCUT2D eigenvalue weighted by Crippen LogP contribution is 2.35. The monoisotopic (exact) mass is 400 g/mol. The van der Waals surface area contributed by atoms with Crippen molar-refractivity contribution in [2.45, 2.75) is 20.3 Å². The maximum absolute atomic E-state index is 6.36. The Kier molecular flexibility index (Phi) is 6.42. The molecule has 3 aromatic rings. The zero-order valence-electron chi connectivity index (χ0n) is 15.5. The lowest BCUT2D eigenvalue weighted by molar-refractivity contribution is 0.474. The molecule has 0 aliphatic heterocycles. The van der Waals surface area contributed by atoms with Gasteiger partial charge in [0, 0.05) is 37.6 Å². The minimum Gasteiger partial charge on any atom is -0.430 e. The van der Waals surface area contributed by atoms with Gasteiger partial charge in [-0.1, -0.05) is 41.9 Å². The third-order valence-corrected chi connectivity index (χ3v) is 4.92. The van der Waals surface area contributed by atoms with E-state index in [2.05, 4.69) is 33.4 Å². The molecule has 0 unspecified atom stereocenters. The van der Waals surface area contributed by atoms with Gasteiger partial charge in [0.25, 0.3) is 5.19 Å². The predicted molar refractivity (Wildman–Crippen MR) is 112 cm³/mol. The number of nitrogens with zero attached hydrogens (tertiary/aromatic N) is 4. The zero-order chi connectivity index (χ0) is 19.2. The zero-order valence-corrected chi connectivity index (χ0v) is 17.1. The summed E-state index contributed by atoms with van der Waals surface area (Å²) in [5, 5.41) is 1.03. The van der Waals surface area contributed by atoms with Crippen LogP contribution in [-0.2, 0) is 6.42 Å². The standard InChI is InChI=1S/C20H21ClN4OS/c1-4-25(3)13-22-17-10-14(2)18(12-16(17)21)26-20-23-19(24-27-20)11-15-8-6-5-7-9-15/h5-10,12-13H,4,11H2,1-3H3. The van der Waals surface area contributed by atoms with Crippen molar-refractivity contribution in [2.24, 2.45) is 4.99 Å². The van der Waals surface area contributed by atoms with Gasteiger partial charge in [0.15, 0.2) is 5.82 Å². The molecule has 2 aromatic carbocycles. The highest BCUT2D eigenvalue weighted by atomic mass is 35.5. The average Bonchev–Trinajstić information content (AvgIpc) is 3.10. The van der Waals surface area contributed by atoms with Crippen molar-refractivity contribution in [3.63, 3.8) is 0 Å². The second kappa shape index (κ2) is 8.97. The summed E-state index contributed by atoms with van der Waals surface area (Å²) in [6, 6.07) is 13.8. The van der Waals surface area contributed by atoms with E-state index < -0.39 is 0 Å². The number of hydrogen-bond donors (Lipinski definition) is 0. The Morgan fingerprint density at radius 3 is 2.78 bits per heavy atom. The maximum Gasteiger partial charge on any atom is 0.298 e. The Hall–Kier alpha value is -2.44. The fraction of sp³-hybridized carbons (Fsp3) is 0.250. The molecule has 3 rings (SSSR count). The van der Waals surface area contributed by atoms with Crippen molar-refractivity contribution >= 4 is 35.2 Å². The van der Waals surface area contributed by atoms with Gasteiger partial charge in [-0.25, -0.2) is 4.99 Å². The van der Waals surface area contributed by atoms with E-state index in [9.17, 15) is 0 Å². The Bertz CT molecular complexity index is 927. The summed E-state index contributed by atoms with van der Waals surface area (Å²) in [4.78, 5) is 10.9. The Morgan fingerprint density at radius 1 is 1.26 bits per heavy atom. The van der Waals surface area contributed by atoms with Crippen molar-refractivity contribution in [3.8, 4) is 10.9 Å².